The van der Waals surface area contributed by atoms with Crippen molar-refractivity contribution in [1.82, 2.24) is 30.1 Å². The van der Waals surface area contributed by atoms with Crippen LogP contribution in [0.3, 0.4) is 0 Å². The number of aliphatic imine (C=N–C) groups is 1. The van der Waals surface area contributed by atoms with Crippen molar-refractivity contribution < 1.29 is 4.52 Å². The van der Waals surface area contributed by atoms with Crippen LogP contribution in [0.4, 0.5) is 0 Å². The molecule has 1 saturated heterocycles. The number of hydrogen-bond donors (Lipinski definition) is 1. The maximum absolute atomic E-state index is 6.04. The van der Waals surface area contributed by atoms with Crippen molar-refractivity contribution in [2.75, 3.05) is 20.1 Å². The summed E-state index contributed by atoms with van der Waals surface area (Å²) >= 11 is 6.04. The Balaban J connectivity index is 1.32. The van der Waals surface area contributed by atoms with E-state index in [0.29, 0.717) is 29.2 Å². The second-order valence-corrected chi connectivity index (χ2v) is 7.69. The van der Waals surface area contributed by atoms with E-state index in [9.17, 15) is 0 Å². The molecule has 152 valence electrons. The molecule has 0 saturated carbocycles. The van der Waals surface area contributed by atoms with Gasteiger partial charge in [0, 0.05) is 44.0 Å². The molecule has 4 rings (SSSR count). The van der Waals surface area contributed by atoms with Gasteiger partial charge in [0.1, 0.15) is 0 Å². The highest BCUT2D eigenvalue weighted by Crippen LogP contribution is 2.22. The summed E-state index contributed by atoms with van der Waals surface area (Å²) in [6.07, 6.45) is 6.20. The third kappa shape index (κ3) is 4.76. The number of nitrogens with one attached hydrogen (secondary N) is 1. The van der Waals surface area contributed by atoms with Gasteiger partial charge in [-0.25, -0.2) is 0 Å². The third-order valence-corrected chi connectivity index (χ3v) is 5.26. The fourth-order valence-corrected chi connectivity index (χ4v) is 3.85. The Hall–Kier alpha value is -2.87. The lowest BCUT2D eigenvalue weighted by Gasteiger charge is -2.21. The first kappa shape index (κ1) is 19.4. The van der Waals surface area contributed by atoms with Gasteiger partial charge in [0.15, 0.2) is 5.96 Å². The van der Waals surface area contributed by atoms with Crippen molar-refractivity contribution in [3.63, 3.8) is 0 Å². The van der Waals surface area contributed by atoms with Gasteiger partial charge in [0.2, 0.25) is 11.7 Å². The van der Waals surface area contributed by atoms with Gasteiger partial charge in [0.25, 0.3) is 0 Å². The van der Waals surface area contributed by atoms with Gasteiger partial charge in [0.05, 0.1) is 12.7 Å². The number of rotatable bonds is 5. The largest absolute Gasteiger partial charge is 0.347 e. The van der Waals surface area contributed by atoms with Crippen molar-refractivity contribution in [2.24, 2.45) is 18.0 Å². The number of hydrogen-bond acceptors (Lipinski definition) is 5. The van der Waals surface area contributed by atoms with Crippen molar-refractivity contribution in [2.45, 2.75) is 19.4 Å². The van der Waals surface area contributed by atoms with E-state index >= 15 is 0 Å². The average molecular weight is 414 g/mol. The first-order valence-electron chi connectivity index (χ1n) is 9.62. The Labute approximate surface area is 174 Å². The molecule has 3 aromatic rings. The molecular formula is C20H24ClN7O. The molecule has 9 heteroatoms. The van der Waals surface area contributed by atoms with Gasteiger partial charge < -0.3 is 14.7 Å². The average Bonchev–Trinajstić information content (AvgIpc) is 3.45. The van der Waals surface area contributed by atoms with Crippen LogP contribution in [0.25, 0.3) is 11.4 Å². The first-order valence-corrected chi connectivity index (χ1v) is 10.00. The minimum atomic E-state index is 0.421. The van der Waals surface area contributed by atoms with Crippen LogP contribution in [0.15, 0.2) is 46.2 Å². The van der Waals surface area contributed by atoms with Crippen LogP contribution >= 0.6 is 11.6 Å². The van der Waals surface area contributed by atoms with E-state index in [2.05, 4.69) is 36.6 Å². The van der Waals surface area contributed by atoms with E-state index in [1.807, 2.05) is 42.2 Å². The SMILES string of the molecule is CN=C(NCc1nc(-c2cccc(Cl)c2)no1)N1CCC(Cc2cnn(C)c2)C1. The second-order valence-electron chi connectivity index (χ2n) is 7.25. The summed E-state index contributed by atoms with van der Waals surface area (Å²) in [5, 5.41) is 12.3. The number of halogens is 1. The highest BCUT2D eigenvalue weighted by atomic mass is 35.5. The highest BCUT2D eigenvalue weighted by Gasteiger charge is 2.25. The third-order valence-electron chi connectivity index (χ3n) is 5.03. The quantitative estimate of drug-likeness (QED) is 0.511. The lowest BCUT2D eigenvalue weighted by atomic mass is 10.0. The summed E-state index contributed by atoms with van der Waals surface area (Å²) in [4.78, 5) is 11.1. The monoisotopic (exact) mass is 413 g/mol. The van der Waals surface area contributed by atoms with Gasteiger partial charge in [-0.2, -0.15) is 10.1 Å². The van der Waals surface area contributed by atoms with Gasteiger partial charge in [-0.1, -0.05) is 28.9 Å². The van der Waals surface area contributed by atoms with Crippen LogP contribution in [0.2, 0.25) is 5.02 Å². The fraction of sp³-hybridized carbons (Fsp3) is 0.400. The molecule has 1 aromatic carbocycles. The van der Waals surface area contributed by atoms with Crippen LogP contribution in [0.5, 0.6) is 0 Å². The lowest BCUT2D eigenvalue weighted by Crippen LogP contribution is -2.39. The summed E-state index contributed by atoms with van der Waals surface area (Å²) in [5.74, 6) is 2.47. The van der Waals surface area contributed by atoms with E-state index < -0.39 is 0 Å². The first-order chi connectivity index (χ1) is 14.1. The summed E-state index contributed by atoms with van der Waals surface area (Å²) in [6, 6.07) is 7.40. The van der Waals surface area contributed by atoms with E-state index in [-0.39, 0.29) is 0 Å². The number of benzene rings is 1. The lowest BCUT2D eigenvalue weighted by molar-refractivity contribution is 0.371. The van der Waals surface area contributed by atoms with Crippen LogP contribution in [-0.4, -0.2) is 50.9 Å². The second kappa shape index (κ2) is 8.65. The summed E-state index contributed by atoms with van der Waals surface area (Å²) < 4.78 is 7.22. The normalized spacial score (nSPS) is 17.1. The molecule has 1 fully saturated rings. The van der Waals surface area contributed by atoms with Gasteiger partial charge in [-0.05, 0) is 36.5 Å². The van der Waals surface area contributed by atoms with Gasteiger partial charge in [-0.15, -0.1) is 0 Å². The molecule has 0 aliphatic carbocycles. The highest BCUT2D eigenvalue weighted by molar-refractivity contribution is 6.30. The standard InChI is InChI=1S/C20H24ClN7O/c1-22-20(28-7-6-14(13-28)8-15-10-24-27(2)12-15)23-11-18-25-19(26-29-18)16-4-3-5-17(21)9-16/h3-5,9-10,12,14H,6-8,11,13H2,1-2H3,(H,22,23). The minimum Gasteiger partial charge on any atom is -0.347 e. The van der Waals surface area contributed by atoms with Gasteiger partial charge in [-0.3, -0.25) is 9.67 Å². The summed E-state index contributed by atoms with van der Waals surface area (Å²) in [6.45, 7) is 2.36. The molecule has 1 N–H and O–H groups in total. The number of guanidine groups is 1. The number of aryl methyl sites for hydroxylation is 1. The number of nitrogens with zero attached hydrogens (tertiary/aromatic N) is 6. The summed E-state index contributed by atoms with van der Waals surface area (Å²) in [5.41, 5.74) is 2.11. The van der Waals surface area contributed by atoms with Crippen LogP contribution in [0.1, 0.15) is 17.9 Å². The summed E-state index contributed by atoms with van der Waals surface area (Å²) in [7, 11) is 3.74. The predicted octanol–water partition coefficient (Wildman–Crippen LogP) is 2.76. The number of aromatic nitrogens is 4. The Morgan fingerprint density at radius 3 is 3.07 bits per heavy atom. The topological polar surface area (TPSA) is 84.4 Å². The van der Waals surface area contributed by atoms with Crippen LogP contribution in [-0.2, 0) is 20.0 Å². The Morgan fingerprint density at radius 1 is 1.41 bits per heavy atom. The smallest absolute Gasteiger partial charge is 0.246 e. The Morgan fingerprint density at radius 2 is 2.31 bits per heavy atom. The molecular weight excluding hydrogens is 390 g/mol. The molecule has 0 spiro atoms. The van der Waals surface area contributed by atoms with Crippen LogP contribution in [0, 0.1) is 5.92 Å². The minimum absolute atomic E-state index is 0.421. The van der Waals surface area contributed by atoms with Crippen molar-refractivity contribution in [3.05, 3.63) is 53.1 Å². The fourth-order valence-electron chi connectivity index (χ4n) is 3.66. The van der Waals surface area contributed by atoms with Crippen molar-refractivity contribution in [1.29, 1.82) is 0 Å². The molecule has 1 atom stereocenters. The Bertz CT molecular complexity index is 996. The van der Waals surface area contributed by atoms with E-state index in [4.69, 9.17) is 16.1 Å². The molecule has 0 radical (unpaired) electrons. The van der Waals surface area contributed by atoms with E-state index in [1.165, 1.54) is 5.56 Å². The number of likely N-dealkylation sites (tertiary alicyclic amines) is 1. The molecule has 8 nitrogen and oxygen atoms in total. The molecule has 1 unspecified atom stereocenters. The molecule has 2 aromatic heterocycles. The predicted molar refractivity (Wildman–Crippen MR) is 112 cm³/mol. The molecule has 1 aliphatic heterocycles. The van der Waals surface area contributed by atoms with Crippen molar-refractivity contribution >= 4 is 17.6 Å². The molecule has 3 heterocycles. The molecule has 1 aliphatic rings. The van der Waals surface area contributed by atoms with E-state index in [0.717, 1.165) is 37.5 Å². The molecule has 0 amide bonds. The van der Waals surface area contributed by atoms with E-state index in [1.54, 1.807) is 7.05 Å². The molecule has 29 heavy (non-hydrogen) atoms. The zero-order valence-electron chi connectivity index (χ0n) is 16.5. The molecule has 0 bridgehead atoms. The maximum Gasteiger partial charge on any atom is 0.246 e. The van der Waals surface area contributed by atoms with Crippen LogP contribution < -0.4 is 5.32 Å². The zero-order valence-corrected chi connectivity index (χ0v) is 17.3. The van der Waals surface area contributed by atoms with Gasteiger partial charge >= 0.3 is 0 Å². The maximum atomic E-state index is 6.04. The Kier molecular flexibility index (Phi) is 5.80. The van der Waals surface area contributed by atoms with Crippen molar-refractivity contribution in [3.8, 4) is 11.4 Å². The zero-order chi connectivity index (χ0) is 20.2.